The Kier molecular flexibility index (Phi) is 4.21. The lowest BCUT2D eigenvalue weighted by atomic mass is 9.79. The van der Waals surface area contributed by atoms with Gasteiger partial charge in [-0.3, -0.25) is 14.9 Å². The molecule has 0 spiro atoms. The van der Waals surface area contributed by atoms with E-state index >= 15 is 0 Å². The highest BCUT2D eigenvalue weighted by molar-refractivity contribution is 5.98. The van der Waals surface area contributed by atoms with Gasteiger partial charge in [0.2, 0.25) is 11.8 Å². The van der Waals surface area contributed by atoms with E-state index in [1.807, 2.05) is 24.3 Å². The molecular formula is C17H18N4O3. The molecule has 0 saturated carbocycles. The molecule has 4 amide bonds. The van der Waals surface area contributed by atoms with Gasteiger partial charge in [0.25, 0.3) is 0 Å². The fraction of sp³-hybridized carbons (Fsp3) is 0.412. The molecule has 2 N–H and O–H groups in total. The van der Waals surface area contributed by atoms with Gasteiger partial charge in [-0.05, 0) is 24.0 Å². The lowest BCUT2D eigenvalue weighted by Crippen LogP contribution is -2.57. The van der Waals surface area contributed by atoms with E-state index in [0.717, 1.165) is 12.0 Å². The van der Waals surface area contributed by atoms with Crippen LogP contribution in [0.5, 0.6) is 0 Å². The second-order valence-corrected chi connectivity index (χ2v) is 6.21. The number of carbonyl (C=O) groups excluding carboxylic acids is 3. The maximum atomic E-state index is 12.3. The number of nitrogens with zero attached hydrogens (tertiary/aromatic N) is 2. The van der Waals surface area contributed by atoms with Crippen molar-refractivity contribution in [3.05, 3.63) is 35.4 Å². The molecular weight excluding hydrogens is 308 g/mol. The molecule has 0 radical (unpaired) electrons. The van der Waals surface area contributed by atoms with Gasteiger partial charge in [0.1, 0.15) is 12.1 Å². The van der Waals surface area contributed by atoms with Gasteiger partial charge in [0.15, 0.2) is 0 Å². The van der Waals surface area contributed by atoms with Crippen LogP contribution in [0.4, 0.5) is 4.79 Å². The first-order valence-electron chi connectivity index (χ1n) is 7.89. The maximum absolute atomic E-state index is 12.3. The number of amides is 4. The Morgan fingerprint density at radius 1 is 1.29 bits per heavy atom. The summed E-state index contributed by atoms with van der Waals surface area (Å²) in [7, 11) is 0. The zero-order valence-corrected chi connectivity index (χ0v) is 13.2. The Bertz CT molecular complexity index is 740. The number of carbonyl (C=O) groups is 3. The van der Waals surface area contributed by atoms with E-state index in [-0.39, 0.29) is 31.3 Å². The van der Waals surface area contributed by atoms with Crippen LogP contribution in [0.3, 0.4) is 0 Å². The highest BCUT2D eigenvalue weighted by Gasteiger charge is 2.36. The van der Waals surface area contributed by atoms with Crippen LogP contribution in [-0.4, -0.2) is 41.4 Å². The first-order valence-corrected chi connectivity index (χ1v) is 7.89. The van der Waals surface area contributed by atoms with E-state index < -0.39 is 11.6 Å². The number of rotatable bonds is 3. The summed E-state index contributed by atoms with van der Waals surface area (Å²) in [4.78, 5) is 36.4. The first-order chi connectivity index (χ1) is 11.5. The van der Waals surface area contributed by atoms with Gasteiger partial charge in [-0.1, -0.05) is 24.3 Å². The Morgan fingerprint density at radius 2 is 2.04 bits per heavy atom. The SMILES string of the molecule is N#CC1(NC(=O)CN2CCC(=O)NC2=O)CCc2ccccc2C1. The van der Waals surface area contributed by atoms with Crippen molar-refractivity contribution in [3.63, 3.8) is 0 Å². The average Bonchev–Trinajstić information content (AvgIpc) is 2.57. The number of hydrogen-bond donors (Lipinski definition) is 2. The van der Waals surface area contributed by atoms with Crippen LogP contribution in [0.2, 0.25) is 0 Å². The van der Waals surface area contributed by atoms with Crippen molar-refractivity contribution in [2.45, 2.75) is 31.2 Å². The van der Waals surface area contributed by atoms with Gasteiger partial charge >= 0.3 is 6.03 Å². The number of hydrogen-bond acceptors (Lipinski definition) is 4. The maximum Gasteiger partial charge on any atom is 0.324 e. The third-order valence-corrected chi connectivity index (χ3v) is 4.50. The molecule has 1 aliphatic heterocycles. The molecule has 1 aromatic carbocycles. The number of aryl methyl sites for hydroxylation is 1. The number of imide groups is 1. The fourth-order valence-electron chi connectivity index (χ4n) is 3.19. The standard InChI is InChI=1S/C17H18N4O3/c18-11-17(7-5-12-3-1-2-4-13(12)9-17)20-15(23)10-21-8-6-14(22)19-16(21)24/h1-4H,5-10H2,(H,20,23)(H,19,22,24). The quantitative estimate of drug-likeness (QED) is 0.844. The van der Waals surface area contributed by atoms with Crippen LogP contribution in [0.15, 0.2) is 24.3 Å². The molecule has 7 nitrogen and oxygen atoms in total. The second kappa shape index (κ2) is 6.32. The molecule has 1 aromatic rings. The smallest absolute Gasteiger partial charge is 0.324 e. The van der Waals surface area contributed by atoms with Gasteiger partial charge < -0.3 is 10.2 Å². The number of nitriles is 1. The van der Waals surface area contributed by atoms with Crippen LogP contribution in [0.1, 0.15) is 24.0 Å². The van der Waals surface area contributed by atoms with Crippen LogP contribution in [0.25, 0.3) is 0 Å². The van der Waals surface area contributed by atoms with Gasteiger partial charge in [-0.15, -0.1) is 0 Å². The Balaban J connectivity index is 1.66. The minimum atomic E-state index is -0.951. The van der Waals surface area contributed by atoms with Gasteiger partial charge in [0.05, 0.1) is 6.07 Å². The molecule has 0 aromatic heterocycles. The van der Waals surface area contributed by atoms with E-state index in [0.29, 0.717) is 12.8 Å². The van der Waals surface area contributed by atoms with E-state index in [1.54, 1.807) is 0 Å². The number of urea groups is 1. The lowest BCUT2D eigenvalue weighted by molar-refractivity contribution is -0.126. The molecule has 0 bridgehead atoms. The summed E-state index contributed by atoms with van der Waals surface area (Å²) >= 11 is 0. The summed E-state index contributed by atoms with van der Waals surface area (Å²) in [5.41, 5.74) is 1.31. The zero-order valence-electron chi connectivity index (χ0n) is 13.2. The average molecular weight is 326 g/mol. The Labute approximate surface area is 139 Å². The first kappa shape index (κ1) is 16.0. The molecule has 1 aliphatic carbocycles. The Morgan fingerprint density at radius 3 is 2.75 bits per heavy atom. The number of nitrogens with one attached hydrogen (secondary N) is 2. The number of benzene rings is 1. The second-order valence-electron chi connectivity index (χ2n) is 6.21. The van der Waals surface area contributed by atoms with Crippen LogP contribution in [0, 0.1) is 11.3 Å². The lowest BCUT2D eigenvalue weighted by Gasteiger charge is -2.34. The fourth-order valence-corrected chi connectivity index (χ4v) is 3.19. The van der Waals surface area contributed by atoms with E-state index in [9.17, 15) is 19.6 Å². The molecule has 24 heavy (non-hydrogen) atoms. The molecule has 1 atom stereocenters. The summed E-state index contributed by atoms with van der Waals surface area (Å²) in [6, 6.07) is 9.56. The van der Waals surface area contributed by atoms with Crippen molar-refractivity contribution in [3.8, 4) is 6.07 Å². The van der Waals surface area contributed by atoms with Crippen LogP contribution >= 0.6 is 0 Å². The van der Waals surface area contributed by atoms with Crippen molar-refractivity contribution >= 4 is 17.8 Å². The molecule has 1 fully saturated rings. The summed E-state index contributed by atoms with van der Waals surface area (Å²) < 4.78 is 0. The third kappa shape index (κ3) is 3.23. The predicted molar refractivity (Wildman–Crippen MR) is 84.7 cm³/mol. The van der Waals surface area contributed by atoms with E-state index in [2.05, 4.69) is 16.7 Å². The molecule has 124 valence electrons. The normalized spacial score (nSPS) is 23.0. The molecule has 1 unspecified atom stereocenters. The predicted octanol–water partition coefficient (Wildman–Crippen LogP) is 0.496. The van der Waals surface area contributed by atoms with Crippen molar-refractivity contribution in [2.24, 2.45) is 0 Å². The number of fused-ring (bicyclic) bond motifs is 1. The van der Waals surface area contributed by atoms with E-state index in [4.69, 9.17) is 0 Å². The van der Waals surface area contributed by atoms with Crippen molar-refractivity contribution in [1.82, 2.24) is 15.5 Å². The highest BCUT2D eigenvalue weighted by Crippen LogP contribution is 2.28. The molecule has 1 saturated heterocycles. The van der Waals surface area contributed by atoms with Gasteiger partial charge in [-0.25, -0.2) is 4.79 Å². The largest absolute Gasteiger partial charge is 0.336 e. The minimum absolute atomic E-state index is 0.163. The van der Waals surface area contributed by atoms with Gasteiger partial charge in [0, 0.05) is 19.4 Å². The van der Waals surface area contributed by atoms with Crippen LogP contribution in [-0.2, 0) is 22.4 Å². The summed E-state index contributed by atoms with van der Waals surface area (Å²) in [5.74, 6) is -0.727. The summed E-state index contributed by atoms with van der Waals surface area (Å²) in [6.45, 7) is 0.0463. The van der Waals surface area contributed by atoms with Crippen molar-refractivity contribution < 1.29 is 14.4 Å². The van der Waals surface area contributed by atoms with Crippen molar-refractivity contribution in [2.75, 3.05) is 13.1 Å². The molecule has 3 rings (SSSR count). The topological polar surface area (TPSA) is 102 Å². The monoisotopic (exact) mass is 326 g/mol. The third-order valence-electron chi connectivity index (χ3n) is 4.50. The summed E-state index contributed by atoms with van der Waals surface area (Å²) in [6.07, 6.45) is 1.89. The van der Waals surface area contributed by atoms with E-state index in [1.165, 1.54) is 10.5 Å². The minimum Gasteiger partial charge on any atom is -0.336 e. The highest BCUT2D eigenvalue weighted by atomic mass is 16.2. The Hall–Kier alpha value is -2.88. The molecule has 7 heteroatoms. The zero-order chi connectivity index (χ0) is 17.2. The summed E-state index contributed by atoms with van der Waals surface area (Å²) in [5, 5.41) is 14.6. The van der Waals surface area contributed by atoms with Crippen molar-refractivity contribution in [1.29, 1.82) is 5.26 Å². The van der Waals surface area contributed by atoms with Gasteiger partial charge in [-0.2, -0.15) is 5.26 Å². The molecule has 1 heterocycles. The molecule has 2 aliphatic rings. The van der Waals surface area contributed by atoms with Crippen LogP contribution < -0.4 is 10.6 Å².